The average molecular weight is 333 g/mol. The molecule has 0 unspecified atom stereocenters. The molecule has 114 valence electrons. The predicted octanol–water partition coefficient (Wildman–Crippen LogP) is 4.09. The third-order valence-electron chi connectivity index (χ3n) is 3.25. The highest BCUT2D eigenvalue weighted by molar-refractivity contribution is 7.80. The number of aryl methyl sites for hydroxylation is 1. The molecule has 0 spiro atoms. The van der Waals surface area contributed by atoms with Crippen LogP contribution in [0, 0.1) is 6.92 Å². The number of nitrogens with one attached hydrogen (secondary N) is 2. The maximum absolute atomic E-state index is 11.9. The quantitative estimate of drug-likeness (QED) is 0.828. The number of hydrogen-bond donors (Lipinski definition) is 2. The van der Waals surface area contributed by atoms with E-state index in [-0.39, 0.29) is 11.0 Å². The summed E-state index contributed by atoms with van der Waals surface area (Å²) >= 11 is 11.2. The van der Waals surface area contributed by atoms with Crippen LogP contribution in [0.25, 0.3) is 0 Å². The Morgan fingerprint density at radius 1 is 1.14 bits per heavy atom. The van der Waals surface area contributed by atoms with Gasteiger partial charge in [-0.3, -0.25) is 4.79 Å². The molecule has 0 aromatic heterocycles. The van der Waals surface area contributed by atoms with E-state index in [0.717, 1.165) is 16.8 Å². The van der Waals surface area contributed by atoms with E-state index in [1.54, 1.807) is 0 Å². The van der Waals surface area contributed by atoms with Gasteiger partial charge in [-0.1, -0.05) is 48.0 Å². The molecule has 0 radical (unpaired) electrons. The van der Waals surface area contributed by atoms with Gasteiger partial charge >= 0.3 is 0 Å². The first-order valence-electron chi connectivity index (χ1n) is 6.96. The van der Waals surface area contributed by atoms with Gasteiger partial charge in [-0.25, -0.2) is 0 Å². The smallest absolute Gasteiger partial charge is 0.226 e. The van der Waals surface area contributed by atoms with E-state index >= 15 is 0 Å². The number of thiocarbonyl (C=S) groups is 1. The second kappa shape index (κ2) is 7.92. The number of carbonyl (C=O) groups is 1. The first-order chi connectivity index (χ1) is 10.6. The molecule has 0 saturated carbocycles. The van der Waals surface area contributed by atoms with Crippen molar-refractivity contribution < 1.29 is 4.79 Å². The highest BCUT2D eigenvalue weighted by Crippen LogP contribution is 2.22. The zero-order valence-corrected chi connectivity index (χ0v) is 13.8. The van der Waals surface area contributed by atoms with Gasteiger partial charge < -0.3 is 10.6 Å². The van der Waals surface area contributed by atoms with Crippen molar-refractivity contribution >= 4 is 40.5 Å². The van der Waals surface area contributed by atoms with Gasteiger partial charge in [0.15, 0.2) is 5.11 Å². The Morgan fingerprint density at radius 3 is 2.59 bits per heavy atom. The first kappa shape index (κ1) is 16.5. The van der Waals surface area contributed by atoms with Crippen molar-refractivity contribution in [3.05, 3.63) is 64.7 Å². The summed E-state index contributed by atoms with van der Waals surface area (Å²) in [7, 11) is 0. The molecule has 5 heteroatoms. The Bertz CT molecular complexity index is 674. The fraction of sp³-hybridized carbons (Fsp3) is 0.176. The van der Waals surface area contributed by atoms with Crippen molar-refractivity contribution in [2.24, 2.45) is 0 Å². The van der Waals surface area contributed by atoms with Crippen LogP contribution in [0.2, 0.25) is 5.02 Å². The third-order valence-corrected chi connectivity index (χ3v) is 3.87. The van der Waals surface area contributed by atoms with Crippen LogP contribution in [0.1, 0.15) is 17.5 Å². The summed E-state index contributed by atoms with van der Waals surface area (Å²) in [6, 6.07) is 15.4. The molecule has 1 amide bonds. The number of halogens is 1. The first-order valence-corrected chi connectivity index (χ1v) is 7.75. The maximum Gasteiger partial charge on any atom is 0.226 e. The second-order valence-electron chi connectivity index (χ2n) is 4.90. The Labute approximate surface area is 140 Å². The van der Waals surface area contributed by atoms with Crippen molar-refractivity contribution in [1.82, 2.24) is 5.32 Å². The molecular formula is C17H17ClN2OS. The van der Waals surface area contributed by atoms with Crippen molar-refractivity contribution in [1.29, 1.82) is 0 Å². The number of amides is 1. The molecule has 0 atom stereocenters. The maximum atomic E-state index is 11.9. The molecule has 2 N–H and O–H groups in total. The molecule has 0 bridgehead atoms. The van der Waals surface area contributed by atoms with Crippen LogP contribution < -0.4 is 10.6 Å². The molecule has 0 aliphatic carbocycles. The molecular weight excluding hydrogens is 316 g/mol. The van der Waals surface area contributed by atoms with Crippen molar-refractivity contribution in [3.8, 4) is 0 Å². The molecule has 0 aliphatic heterocycles. The topological polar surface area (TPSA) is 41.1 Å². The van der Waals surface area contributed by atoms with Gasteiger partial charge in [-0.15, -0.1) is 0 Å². The molecule has 2 aromatic carbocycles. The van der Waals surface area contributed by atoms with Crippen LogP contribution in [0.5, 0.6) is 0 Å². The second-order valence-corrected chi connectivity index (χ2v) is 5.72. The van der Waals surface area contributed by atoms with Crippen LogP contribution in [-0.2, 0) is 11.2 Å². The summed E-state index contributed by atoms with van der Waals surface area (Å²) in [6.07, 6.45) is 1.08. The molecule has 0 fully saturated rings. The number of hydrogen-bond acceptors (Lipinski definition) is 2. The van der Waals surface area contributed by atoms with E-state index in [2.05, 4.69) is 10.6 Å². The van der Waals surface area contributed by atoms with Crippen molar-refractivity contribution in [2.75, 3.05) is 5.32 Å². The van der Waals surface area contributed by atoms with E-state index in [9.17, 15) is 4.79 Å². The lowest BCUT2D eigenvalue weighted by atomic mass is 10.1. The SMILES string of the molecule is Cc1c(Cl)cccc1NC(=S)NC(=O)CCc1ccccc1. The van der Waals surface area contributed by atoms with Crippen molar-refractivity contribution in [3.63, 3.8) is 0 Å². The van der Waals surface area contributed by atoms with Crippen LogP contribution in [0.4, 0.5) is 5.69 Å². The number of anilines is 1. The van der Waals surface area contributed by atoms with Crippen LogP contribution in [-0.4, -0.2) is 11.0 Å². The highest BCUT2D eigenvalue weighted by atomic mass is 35.5. The van der Waals surface area contributed by atoms with Gasteiger partial charge in [-0.2, -0.15) is 0 Å². The zero-order chi connectivity index (χ0) is 15.9. The molecule has 0 saturated heterocycles. The Morgan fingerprint density at radius 2 is 1.86 bits per heavy atom. The van der Waals surface area contributed by atoms with Crippen LogP contribution in [0.15, 0.2) is 48.5 Å². The van der Waals surface area contributed by atoms with Crippen LogP contribution in [0.3, 0.4) is 0 Å². The van der Waals surface area contributed by atoms with E-state index in [0.29, 0.717) is 17.9 Å². The highest BCUT2D eigenvalue weighted by Gasteiger charge is 2.07. The summed E-state index contributed by atoms with van der Waals surface area (Å²) in [5.41, 5.74) is 2.81. The van der Waals surface area contributed by atoms with E-state index < -0.39 is 0 Å². The number of rotatable bonds is 4. The van der Waals surface area contributed by atoms with Crippen LogP contribution >= 0.6 is 23.8 Å². The van der Waals surface area contributed by atoms with Gasteiger partial charge in [0.2, 0.25) is 5.91 Å². The number of carbonyl (C=O) groups excluding carboxylic acids is 1. The summed E-state index contributed by atoms with van der Waals surface area (Å²) in [5.74, 6) is -0.110. The van der Waals surface area contributed by atoms with Gasteiger partial charge in [-0.05, 0) is 48.8 Å². The van der Waals surface area contributed by atoms with Gasteiger partial charge in [0, 0.05) is 17.1 Å². The lowest BCUT2D eigenvalue weighted by Crippen LogP contribution is -2.34. The zero-order valence-electron chi connectivity index (χ0n) is 12.2. The Hall–Kier alpha value is -1.91. The fourth-order valence-corrected chi connectivity index (χ4v) is 2.39. The average Bonchev–Trinajstić information content (AvgIpc) is 2.51. The summed E-state index contributed by atoms with van der Waals surface area (Å²) in [5, 5.41) is 6.62. The molecule has 0 heterocycles. The van der Waals surface area contributed by atoms with Gasteiger partial charge in [0.05, 0.1) is 0 Å². The predicted molar refractivity (Wildman–Crippen MR) is 95.3 cm³/mol. The van der Waals surface area contributed by atoms with Crippen molar-refractivity contribution in [2.45, 2.75) is 19.8 Å². The van der Waals surface area contributed by atoms with Gasteiger partial charge in [0.25, 0.3) is 0 Å². The van der Waals surface area contributed by atoms with E-state index in [1.807, 2.05) is 55.5 Å². The lowest BCUT2D eigenvalue weighted by Gasteiger charge is -2.12. The molecule has 2 aromatic rings. The Balaban J connectivity index is 1.84. The number of benzene rings is 2. The summed E-state index contributed by atoms with van der Waals surface area (Å²) in [6.45, 7) is 1.89. The minimum atomic E-state index is -0.110. The normalized spacial score (nSPS) is 10.1. The monoisotopic (exact) mass is 332 g/mol. The van der Waals surface area contributed by atoms with E-state index in [4.69, 9.17) is 23.8 Å². The summed E-state index contributed by atoms with van der Waals surface area (Å²) in [4.78, 5) is 11.9. The lowest BCUT2D eigenvalue weighted by molar-refractivity contribution is -0.119. The Kier molecular flexibility index (Phi) is 5.92. The minimum absolute atomic E-state index is 0.110. The largest absolute Gasteiger partial charge is 0.332 e. The summed E-state index contributed by atoms with van der Waals surface area (Å²) < 4.78 is 0. The third kappa shape index (κ3) is 4.83. The molecule has 2 rings (SSSR count). The molecule has 22 heavy (non-hydrogen) atoms. The molecule has 0 aliphatic rings. The van der Waals surface area contributed by atoms with E-state index in [1.165, 1.54) is 0 Å². The van der Waals surface area contributed by atoms with Gasteiger partial charge in [0.1, 0.15) is 0 Å². The minimum Gasteiger partial charge on any atom is -0.332 e. The standard InChI is InChI=1S/C17H17ClN2OS/c1-12-14(18)8-5-9-15(12)19-17(22)20-16(21)11-10-13-6-3-2-4-7-13/h2-9H,10-11H2,1H3,(H2,19,20,21,22). The fourth-order valence-electron chi connectivity index (χ4n) is 1.99. The molecule has 3 nitrogen and oxygen atoms in total.